The van der Waals surface area contributed by atoms with Crippen LogP contribution in [0.5, 0.6) is 0 Å². The van der Waals surface area contributed by atoms with Crippen LogP contribution in [0.2, 0.25) is 0 Å². The second-order valence-electron chi connectivity index (χ2n) is 2.34. The highest BCUT2D eigenvalue weighted by atomic mass is 32.2. The molecule has 9 heteroatoms. The highest BCUT2D eigenvalue weighted by molar-refractivity contribution is 7.87. The summed E-state index contributed by atoms with van der Waals surface area (Å²) in [6, 6.07) is 0. The molecule has 1 aromatic heterocycles. The van der Waals surface area contributed by atoms with Crippen LogP contribution in [0.3, 0.4) is 0 Å². The van der Waals surface area contributed by atoms with E-state index in [0.717, 1.165) is 13.3 Å². The molecule has 0 aliphatic rings. The summed E-state index contributed by atoms with van der Waals surface area (Å²) in [5.41, 5.74) is 4.90. The van der Waals surface area contributed by atoms with Gasteiger partial charge < -0.3 is 10.5 Å². The standard InChI is InChI=1S/C5H8N4O4S/c1-13-5(10)4-3(6)2-9(8-4)14(7,11)12/h2H,6H2,1H3,(H2,7,11,12). The molecule has 14 heavy (non-hydrogen) atoms. The van der Waals surface area contributed by atoms with Crippen LogP contribution in [0.1, 0.15) is 10.5 Å². The Morgan fingerprint density at radius 1 is 1.64 bits per heavy atom. The van der Waals surface area contributed by atoms with E-state index >= 15 is 0 Å². The van der Waals surface area contributed by atoms with Crippen LogP contribution >= 0.6 is 0 Å². The molecule has 0 saturated carbocycles. The summed E-state index contributed by atoms with van der Waals surface area (Å²) in [4.78, 5) is 11.0. The summed E-state index contributed by atoms with van der Waals surface area (Å²) < 4.78 is 26.3. The predicted octanol–water partition coefficient (Wildman–Crippen LogP) is -1.70. The number of nitrogens with two attached hydrogens (primary N) is 2. The molecule has 0 saturated heterocycles. The maximum Gasteiger partial charge on any atom is 0.360 e. The number of ether oxygens (including phenoxy) is 1. The Morgan fingerprint density at radius 3 is 2.57 bits per heavy atom. The summed E-state index contributed by atoms with van der Waals surface area (Å²) >= 11 is 0. The number of methoxy groups -OCH3 is 1. The van der Waals surface area contributed by atoms with Crippen molar-refractivity contribution < 1.29 is 17.9 Å². The third-order valence-electron chi connectivity index (χ3n) is 1.36. The van der Waals surface area contributed by atoms with Crippen molar-refractivity contribution in [3.8, 4) is 0 Å². The first-order valence-corrected chi connectivity index (χ1v) is 4.83. The lowest BCUT2D eigenvalue weighted by molar-refractivity contribution is 0.0595. The monoisotopic (exact) mass is 220 g/mol. The average Bonchev–Trinajstić information content (AvgIpc) is 2.45. The van der Waals surface area contributed by atoms with E-state index in [1.54, 1.807) is 0 Å². The van der Waals surface area contributed by atoms with Gasteiger partial charge in [-0.25, -0.2) is 9.93 Å². The van der Waals surface area contributed by atoms with Gasteiger partial charge >= 0.3 is 16.2 Å². The van der Waals surface area contributed by atoms with Gasteiger partial charge in [-0.3, -0.25) is 0 Å². The minimum atomic E-state index is -4.03. The van der Waals surface area contributed by atoms with Crippen LogP contribution in [0.15, 0.2) is 6.20 Å². The Labute approximate surface area is 79.6 Å². The third kappa shape index (κ3) is 1.83. The Bertz CT molecular complexity index is 462. The minimum Gasteiger partial charge on any atom is -0.464 e. The van der Waals surface area contributed by atoms with Crippen molar-refractivity contribution in [1.82, 2.24) is 9.19 Å². The Kier molecular flexibility index (Phi) is 2.45. The lowest BCUT2D eigenvalue weighted by atomic mass is 10.4. The molecule has 0 aliphatic carbocycles. The smallest absolute Gasteiger partial charge is 0.360 e. The normalized spacial score (nSPS) is 11.3. The number of aromatic nitrogens is 2. The van der Waals surface area contributed by atoms with Gasteiger partial charge in [0.05, 0.1) is 19.0 Å². The molecule has 1 rings (SSSR count). The second kappa shape index (κ2) is 3.27. The number of anilines is 1. The number of esters is 1. The van der Waals surface area contributed by atoms with Crippen LogP contribution in [0, 0.1) is 0 Å². The molecule has 1 aromatic rings. The molecule has 0 aliphatic heterocycles. The second-order valence-corrected chi connectivity index (χ2v) is 3.75. The first kappa shape index (κ1) is 10.5. The predicted molar refractivity (Wildman–Crippen MR) is 46.5 cm³/mol. The van der Waals surface area contributed by atoms with E-state index in [-0.39, 0.29) is 11.4 Å². The highest BCUT2D eigenvalue weighted by Crippen LogP contribution is 2.10. The van der Waals surface area contributed by atoms with E-state index in [9.17, 15) is 13.2 Å². The quantitative estimate of drug-likeness (QED) is 0.571. The molecular weight excluding hydrogens is 212 g/mol. The van der Waals surface area contributed by atoms with Crippen molar-refractivity contribution >= 4 is 21.9 Å². The molecule has 0 spiro atoms. The van der Waals surface area contributed by atoms with E-state index in [4.69, 9.17) is 10.9 Å². The summed E-state index contributed by atoms with van der Waals surface area (Å²) in [7, 11) is -2.91. The van der Waals surface area contributed by atoms with Crippen LogP contribution in [0.25, 0.3) is 0 Å². The summed E-state index contributed by atoms with van der Waals surface area (Å²) in [6.45, 7) is 0. The van der Waals surface area contributed by atoms with Gasteiger partial charge in [-0.2, -0.15) is 8.42 Å². The maximum atomic E-state index is 11.0. The molecule has 0 atom stereocenters. The van der Waals surface area contributed by atoms with Gasteiger partial charge in [0.15, 0.2) is 5.69 Å². The highest BCUT2D eigenvalue weighted by Gasteiger charge is 2.18. The van der Waals surface area contributed by atoms with E-state index in [0.29, 0.717) is 4.09 Å². The topological polar surface area (TPSA) is 130 Å². The molecule has 0 aromatic carbocycles. The average molecular weight is 220 g/mol. The first-order valence-electron chi connectivity index (χ1n) is 3.33. The van der Waals surface area contributed by atoms with Crippen LogP contribution in [0.4, 0.5) is 5.69 Å². The van der Waals surface area contributed by atoms with Gasteiger partial charge in [0, 0.05) is 0 Å². The van der Waals surface area contributed by atoms with Crippen molar-refractivity contribution in [1.29, 1.82) is 0 Å². The number of nitrogen functional groups attached to an aromatic ring is 1. The fourth-order valence-corrected chi connectivity index (χ4v) is 1.21. The zero-order valence-electron chi connectivity index (χ0n) is 7.17. The zero-order valence-corrected chi connectivity index (χ0v) is 7.98. The number of hydrogen-bond acceptors (Lipinski definition) is 6. The van der Waals surface area contributed by atoms with E-state index in [1.807, 2.05) is 0 Å². The Balaban J connectivity index is 3.25. The Morgan fingerprint density at radius 2 is 2.21 bits per heavy atom. The first-order chi connectivity index (χ1) is 6.36. The summed E-state index contributed by atoms with van der Waals surface area (Å²) in [5, 5.41) is 8.10. The van der Waals surface area contributed by atoms with E-state index in [1.165, 1.54) is 0 Å². The van der Waals surface area contributed by atoms with Crippen LogP contribution in [-0.2, 0) is 14.9 Å². The largest absolute Gasteiger partial charge is 0.464 e. The molecule has 1 heterocycles. The lowest BCUT2D eigenvalue weighted by Crippen LogP contribution is -2.22. The lowest BCUT2D eigenvalue weighted by Gasteiger charge is -1.94. The van der Waals surface area contributed by atoms with Gasteiger partial charge in [-0.1, -0.05) is 0 Å². The summed E-state index contributed by atoms with van der Waals surface area (Å²) in [6.07, 6.45) is 0.918. The van der Waals surface area contributed by atoms with Gasteiger partial charge in [-0.15, -0.1) is 9.19 Å². The molecule has 0 unspecified atom stereocenters. The summed E-state index contributed by atoms with van der Waals surface area (Å²) in [5.74, 6) is -0.829. The molecule has 4 N–H and O–H groups in total. The molecule has 78 valence electrons. The molecular formula is C5H8N4O4S. The zero-order chi connectivity index (χ0) is 10.9. The van der Waals surface area contributed by atoms with Crippen LogP contribution in [-0.4, -0.2) is 30.7 Å². The fraction of sp³-hybridized carbons (Fsp3) is 0.200. The van der Waals surface area contributed by atoms with Crippen molar-refractivity contribution in [3.05, 3.63) is 11.9 Å². The molecule has 0 radical (unpaired) electrons. The molecule has 0 fully saturated rings. The number of carbonyl (C=O) groups excluding carboxylic acids is 1. The fourth-order valence-electron chi connectivity index (χ4n) is 0.751. The number of carbonyl (C=O) groups is 1. The van der Waals surface area contributed by atoms with Gasteiger partial charge in [0.2, 0.25) is 0 Å². The molecule has 0 bridgehead atoms. The molecule has 8 nitrogen and oxygen atoms in total. The number of nitrogens with zero attached hydrogens (tertiary/aromatic N) is 2. The van der Waals surface area contributed by atoms with Crippen LogP contribution < -0.4 is 10.9 Å². The third-order valence-corrected chi connectivity index (χ3v) is 2.07. The van der Waals surface area contributed by atoms with Crippen molar-refractivity contribution in [3.63, 3.8) is 0 Å². The van der Waals surface area contributed by atoms with Crippen molar-refractivity contribution in [2.45, 2.75) is 0 Å². The number of rotatable bonds is 2. The minimum absolute atomic E-state index is 0.120. The van der Waals surface area contributed by atoms with Gasteiger partial charge in [0.25, 0.3) is 0 Å². The Hall–Kier alpha value is -1.61. The van der Waals surface area contributed by atoms with Crippen molar-refractivity contribution in [2.24, 2.45) is 5.14 Å². The van der Waals surface area contributed by atoms with E-state index in [2.05, 4.69) is 9.84 Å². The van der Waals surface area contributed by atoms with Crippen molar-refractivity contribution in [2.75, 3.05) is 12.8 Å². The maximum absolute atomic E-state index is 11.0. The SMILES string of the molecule is COC(=O)c1nn(S(N)(=O)=O)cc1N. The molecule has 0 amide bonds. The van der Waals surface area contributed by atoms with Gasteiger partial charge in [-0.05, 0) is 0 Å². The number of hydrogen-bond donors (Lipinski definition) is 2. The van der Waals surface area contributed by atoms with E-state index < -0.39 is 16.2 Å². The van der Waals surface area contributed by atoms with Gasteiger partial charge in [0.1, 0.15) is 0 Å².